The fourth-order valence-corrected chi connectivity index (χ4v) is 3.96. The molecule has 166 valence electrons. The number of aromatic amines is 2. The van der Waals surface area contributed by atoms with Gasteiger partial charge in [0.05, 0.1) is 18.1 Å². The number of aromatic nitrogens is 2. The van der Waals surface area contributed by atoms with Gasteiger partial charge in [0.1, 0.15) is 11.6 Å². The van der Waals surface area contributed by atoms with E-state index in [0.29, 0.717) is 0 Å². The molecule has 0 radical (unpaired) electrons. The van der Waals surface area contributed by atoms with E-state index in [9.17, 15) is 8.78 Å². The van der Waals surface area contributed by atoms with Crippen molar-refractivity contribution in [2.75, 3.05) is 14.2 Å². The average molecular weight is 436 g/mol. The van der Waals surface area contributed by atoms with Crippen LogP contribution in [0.3, 0.4) is 0 Å². The van der Waals surface area contributed by atoms with E-state index < -0.39 is 0 Å². The first-order valence-electron chi connectivity index (χ1n) is 10.4. The van der Waals surface area contributed by atoms with E-state index >= 15 is 0 Å². The van der Waals surface area contributed by atoms with E-state index in [2.05, 4.69) is 33.4 Å². The van der Waals surface area contributed by atoms with Crippen LogP contribution in [-0.4, -0.2) is 24.1 Å². The molecular weight excluding hydrogens is 408 g/mol. The number of H-pyrrole nitrogens is 2. The van der Waals surface area contributed by atoms with Crippen molar-refractivity contribution in [1.29, 1.82) is 0 Å². The molecule has 0 atom stereocenters. The van der Waals surface area contributed by atoms with Crippen LogP contribution < -0.4 is 5.48 Å². The first-order valence-corrected chi connectivity index (χ1v) is 10.4. The van der Waals surface area contributed by atoms with Crippen LogP contribution in [0.2, 0.25) is 0 Å². The average Bonchev–Trinajstić information content (AvgIpc) is 3.38. The number of rotatable bonds is 3. The number of hydrogen-bond acceptors (Lipinski definition) is 2. The molecule has 0 bridgehead atoms. The topological polar surface area (TPSA) is 52.8 Å². The van der Waals surface area contributed by atoms with Gasteiger partial charge < -0.3 is 14.8 Å². The predicted octanol–water partition coefficient (Wildman–Crippen LogP) is 7.31. The summed E-state index contributed by atoms with van der Waals surface area (Å²) in [7, 11) is 3.28. The van der Waals surface area contributed by atoms with Crippen molar-refractivity contribution in [3.8, 4) is 0 Å². The van der Waals surface area contributed by atoms with Crippen LogP contribution >= 0.6 is 0 Å². The minimum atomic E-state index is -0.299. The van der Waals surface area contributed by atoms with Crippen LogP contribution in [0.25, 0.3) is 55.8 Å². The van der Waals surface area contributed by atoms with Crippen LogP contribution in [-0.2, 0) is 4.84 Å². The molecule has 3 aromatic carbocycles. The molecular formula is C26H27F2N3O. The molecule has 0 spiro atoms. The Hall–Kier alpha value is -3.48. The first-order chi connectivity index (χ1) is 15.5. The number of nitrogens with one attached hydrogen (secondary N) is 3. The summed E-state index contributed by atoms with van der Waals surface area (Å²) in [6, 6.07) is 9.33. The van der Waals surface area contributed by atoms with Gasteiger partial charge in [0.25, 0.3) is 0 Å². The maximum absolute atomic E-state index is 13.9. The predicted molar refractivity (Wildman–Crippen MR) is 133 cm³/mol. The van der Waals surface area contributed by atoms with Gasteiger partial charge in [-0.3, -0.25) is 0 Å². The Bertz CT molecular complexity index is 1320. The van der Waals surface area contributed by atoms with E-state index in [-0.39, 0.29) is 11.6 Å². The Morgan fingerprint density at radius 2 is 1.19 bits per heavy atom. The molecule has 3 N–H and O–H groups in total. The molecule has 2 aromatic heterocycles. The normalized spacial score (nSPS) is 10.7. The van der Waals surface area contributed by atoms with E-state index in [4.69, 9.17) is 0 Å². The highest BCUT2D eigenvalue weighted by molar-refractivity contribution is 6.26. The summed E-state index contributed by atoms with van der Waals surface area (Å²) < 4.78 is 27.8. The van der Waals surface area contributed by atoms with E-state index in [1.807, 2.05) is 13.8 Å². The van der Waals surface area contributed by atoms with Crippen LogP contribution in [0.5, 0.6) is 0 Å². The summed E-state index contributed by atoms with van der Waals surface area (Å²) in [6.07, 6.45) is 3.49. The molecule has 0 saturated heterocycles. The molecule has 0 aliphatic heterocycles. The summed E-state index contributed by atoms with van der Waals surface area (Å²) in [6.45, 7) is 11.9. The van der Waals surface area contributed by atoms with Gasteiger partial charge in [-0.15, -0.1) is 0 Å². The molecule has 0 aliphatic rings. The number of hydrogen-bond donors (Lipinski definition) is 3. The summed E-state index contributed by atoms with van der Waals surface area (Å²) in [5, 5.41) is 3.32. The Morgan fingerprint density at radius 1 is 0.812 bits per heavy atom. The Labute approximate surface area is 185 Å². The van der Waals surface area contributed by atoms with Crippen molar-refractivity contribution >= 4 is 55.8 Å². The van der Waals surface area contributed by atoms with Gasteiger partial charge in [-0.1, -0.05) is 39.2 Å². The third-order valence-electron chi connectivity index (χ3n) is 5.21. The second-order valence-corrected chi connectivity index (χ2v) is 6.77. The maximum atomic E-state index is 13.9. The summed E-state index contributed by atoms with van der Waals surface area (Å²) in [5.41, 5.74) is 7.48. The van der Waals surface area contributed by atoms with Crippen molar-refractivity contribution < 1.29 is 13.6 Å². The highest BCUT2D eigenvalue weighted by Crippen LogP contribution is 2.41. The minimum absolute atomic E-state index is 0.299. The maximum Gasteiger partial charge on any atom is 0.123 e. The lowest BCUT2D eigenvalue weighted by Gasteiger charge is -2.08. The lowest BCUT2D eigenvalue weighted by atomic mass is 9.95. The molecule has 0 saturated carbocycles. The Morgan fingerprint density at radius 3 is 1.50 bits per heavy atom. The fourth-order valence-electron chi connectivity index (χ4n) is 3.96. The Balaban J connectivity index is 0.000000437. The molecule has 32 heavy (non-hydrogen) atoms. The minimum Gasteiger partial charge on any atom is -0.353 e. The van der Waals surface area contributed by atoms with Crippen molar-refractivity contribution in [1.82, 2.24) is 15.4 Å². The van der Waals surface area contributed by atoms with Crippen molar-refractivity contribution in [2.24, 2.45) is 0 Å². The smallest absolute Gasteiger partial charge is 0.123 e. The third kappa shape index (κ3) is 3.79. The van der Waals surface area contributed by atoms with Crippen molar-refractivity contribution in [3.05, 3.63) is 72.3 Å². The summed E-state index contributed by atoms with van der Waals surface area (Å²) >= 11 is 0. The van der Waals surface area contributed by atoms with E-state index in [1.165, 1.54) is 24.3 Å². The largest absolute Gasteiger partial charge is 0.353 e. The molecule has 0 fully saturated rings. The van der Waals surface area contributed by atoms with Gasteiger partial charge >= 0.3 is 0 Å². The molecule has 5 rings (SSSR count). The molecule has 0 amide bonds. The number of benzene rings is 3. The monoisotopic (exact) mass is 435 g/mol. The summed E-state index contributed by atoms with van der Waals surface area (Å²) in [5.74, 6) is -0.597. The van der Waals surface area contributed by atoms with Crippen LogP contribution in [0.1, 0.15) is 25.0 Å². The van der Waals surface area contributed by atoms with Gasteiger partial charge in [-0.25, -0.2) is 14.3 Å². The van der Waals surface area contributed by atoms with Crippen LogP contribution in [0, 0.1) is 11.6 Å². The third-order valence-corrected chi connectivity index (χ3v) is 5.21. The van der Waals surface area contributed by atoms with Crippen molar-refractivity contribution in [3.63, 3.8) is 0 Å². The molecule has 5 aromatic rings. The Kier molecular flexibility index (Phi) is 7.08. The van der Waals surface area contributed by atoms with E-state index in [0.717, 1.165) is 54.7 Å². The van der Waals surface area contributed by atoms with Crippen LogP contribution in [0.15, 0.2) is 49.6 Å². The lowest BCUT2D eigenvalue weighted by molar-refractivity contribution is 0.112. The second-order valence-electron chi connectivity index (χ2n) is 6.77. The van der Waals surface area contributed by atoms with Crippen LogP contribution in [0.4, 0.5) is 8.78 Å². The number of hydroxylamine groups is 1. The fraction of sp³-hybridized carbons (Fsp3) is 0.154. The van der Waals surface area contributed by atoms with Gasteiger partial charge in [0.15, 0.2) is 0 Å². The number of fused-ring (bicyclic) bond motifs is 7. The highest BCUT2D eigenvalue weighted by Gasteiger charge is 2.19. The SMILES string of the molecule is C=Cc1c(C=C)c2c3cc(F)ccc3[nH]c2c2[nH]c3ccc(F)cc3c12.CC.CNOC. The van der Waals surface area contributed by atoms with Gasteiger partial charge in [0.2, 0.25) is 0 Å². The molecule has 0 unspecified atom stereocenters. The first kappa shape index (κ1) is 23.2. The molecule has 6 heteroatoms. The van der Waals surface area contributed by atoms with E-state index in [1.54, 1.807) is 38.4 Å². The lowest BCUT2D eigenvalue weighted by Crippen LogP contribution is -2.00. The van der Waals surface area contributed by atoms with Gasteiger partial charge in [-0.2, -0.15) is 0 Å². The number of halogens is 2. The quantitative estimate of drug-likeness (QED) is 0.260. The van der Waals surface area contributed by atoms with Crippen molar-refractivity contribution in [2.45, 2.75) is 13.8 Å². The molecule has 0 aliphatic carbocycles. The second kappa shape index (κ2) is 9.77. The molecule has 2 heterocycles. The zero-order valence-electron chi connectivity index (χ0n) is 18.7. The molecule has 4 nitrogen and oxygen atoms in total. The highest BCUT2D eigenvalue weighted by atomic mass is 19.1. The van der Waals surface area contributed by atoms with Gasteiger partial charge in [0, 0.05) is 39.6 Å². The zero-order valence-corrected chi connectivity index (χ0v) is 18.7. The summed E-state index contributed by atoms with van der Waals surface area (Å²) in [4.78, 5) is 11.0. The zero-order chi connectivity index (χ0) is 23.4. The van der Waals surface area contributed by atoms with Gasteiger partial charge in [-0.05, 0) is 47.5 Å². The standard InChI is InChI=1S/C22H14F2N2.C2H7NO.C2H6/c1-3-13-14(4-2)20-16-10-12(24)6-8-18(16)26-22(20)21-19(13)15-9-11(23)5-7-17(15)25-21;1-3-4-2;1-2/h3-10,25-26H,1-2H2;3H,1-2H3;1-2H3.